The number of aryl methyl sites for hydroxylation is 1. The fourth-order valence-corrected chi connectivity index (χ4v) is 2.62. The van der Waals surface area contributed by atoms with Gasteiger partial charge in [-0.3, -0.25) is 0 Å². The van der Waals surface area contributed by atoms with E-state index >= 15 is 0 Å². The Morgan fingerprint density at radius 1 is 1.35 bits per heavy atom. The molecule has 0 saturated heterocycles. The number of benzene rings is 1. The molecular formula is C14H16N2S. The van der Waals surface area contributed by atoms with Crippen molar-refractivity contribution in [2.24, 2.45) is 0 Å². The van der Waals surface area contributed by atoms with Gasteiger partial charge in [-0.05, 0) is 29.5 Å². The minimum absolute atomic E-state index is 0.682. The summed E-state index contributed by atoms with van der Waals surface area (Å²) in [6, 6.07) is 10.1. The molecule has 0 fully saturated rings. The van der Waals surface area contributed by atoms with Crippen LogP contribution in [0.25, 0.3) is 10.9 Å². The van der Waals surface area contributed by atoms with Gasteiger partial charge in [0, 0.05) is 29.4 Å². The first kappa shape index (κ1) is 12.1. The van der Waals surface area contributed by atoms with Gasteiger partial charge >= 0.3 is 0 Å². The van der Waals surface area contributed by atoms with E-state index in [0.29, 0.717) is 5.25 Å². The van der Waals surface area contributed by atoms with E-state index in [-0.39, 0.29) is 0 Å². The Bertz CT molecular complexity index is 549. The molecule has 2 aromatic rings. The second-order valence-electron chi connectivity index (χ2n) is 4.31. The molecular weight excluding hydrogens is 228 g/mol. The molecule has 0 aliphatic rings. The number of hydrogen-bond donors (Lipinski definition) is 0. The Morgan fingerprint density at radius 2 is 2.18 bits per heavy atom. The maximum Gasteiger partial charge on any atom is 0.0991 e. The topological polar surface area (TPSA) is 28.7 Å². The average molecular weight is 244 g/mol. The standard InChI is InChI=1S/C14H16N2S/c1-11(2)17-8-7-16-6-5-13-9-12(10-15)3-4-14(13)16/h3-6,9,11H,7-8H2,1-2H3. The molecule has 0 spiro atoms. The molecule has 0 aliphatic heterocycles. The summed E-state index contributed by atoms with van der Waals surface area (Å²) < 4.78 is 2.26. The van der Waals surface area contributed by atoms with E-state index in [2.05, 4.69) is 36.7 Å². The van der Waals surface area contributed by atoms with Gasteiger partial charge in [-0.1, -0.05) is 13.8 Å². The first-order valence-corrected chi connectivity index (χ1v) is 6.86. The van der Waals surface area contributed by atoms with Crippen LogP contribution in [0.5, 0.6) is 0 Å². The van der Waals surface area contributed by atoms with Crippen molar-refractivity contribution in [3.63, 3.8) is 0 Å². The van der Waals surface area contributed by atoms with Crippen LogP contribution in [0.15, 0.2) is 30.5 Å². The van der Waals surface area contributed by atoms with Gasteiger partial charge in [-0.15, -0.1) is 0 Å². The minimum atomic E-state index is 0.682. The maximum atomic E-state index is 8.85. The van der Waals surface area contributed by atoms with Gasteiger partial charge in [0.2, 0.25) is 0 Å². The third-order valence-corrected chi connectivity index (χ3v) is 3.77. The average Bonchev–Trinajstić information content (AvgIpc) is 2.71. The summed E-state index contributed by atoms with van der Waals surface area (Å²) in [6.45, 7) is 5.47. The number of aromatic nitrogens is 1. The summed E-state index contributed by atoms with van der Waals surface area (Å²) in [4.78, 5) is 0. The smallest absolute Gasteiger partial charge is 0.0991 e. The molecule has 0 saturated carbocycles. The van der Waals surface area contributed by atoms with E-state index in [9.17, 15) is 0 Å². The van der Waals surface area contributed by atoms with Crippen LogP contribution >= 0.6 is 11.8 Å². The van der Waals surface area contributed by atoms with Crippen molar-refractivity contribution >= 4 is 22.7 Å². The normalized spacial score (nSPS) is 10.9. The van der Waals surface area contributed by atoms with Crippen LogP contribution in [0.2, 0.25) is 0 Å². The van der Waals surface area contributed by atoms with Gasteiger partial charge in [-0.25, -0.2) is 0 Å². The van der Waals surface area contributed by atoms with Crippen LogP contribution in [0.1, 0.15) is 19.4 Å². The third kappa shape index (κ3) is 2.83. The quantitative estimate of drug-likeness (QED) is 0.821. The molecule has 1 aromatic carbocycles. The first-order valence-electron chi connectivity index (χ1n) is 5.81. The van der Waals surface area contributed by atoms with Gasteiger partial charge in [-0.2, -0.15) is 17.0 Å². The molecule has 88 valence electrons. The number of nitrogens with zero attached hydrogens (tertiary/aromatic N) is 2. The number of thioether (sulfide) groups is 1. The molecule has 0 N–H and O–H groups in total. The van der Waals surface area contributed by atoms with Crippen LogP contribution in [0.3, 0.4) is 0 Å². The van der Waals surface area contributed by atoms with E-state index in [0.717, 1.165) is 23.2 Å². The zero-order valence-electron chi connectivity index (χ0n) is 10.2. The Morgan fingerprint density at radius 3 is 2.88 bits per heavy atom. The Labute approximate surface area is 106 Å². The van der Waals surface area contributed by atoms with Gasteiger partial charge < -0.3 is 4.57 Å². The van der Waals surface area contributed by atoms with Crippen LogP contribution in [-0.2, 0) is 6.54 Å². The predicted molar refractivity (Wildman–Crippen MR) is 74.2 cm³/mol. The lowest BCUT2D eigenvalue weighted by molar-refractivity contribution is 0.805. The van der Waals surface area contributed by atoms with Crippen LogP contribution < -0.4 is 0 Å². The van der Waals surface area contributed by atoms with Gasteiger partial charge in [0.25, 0.3) is 0 Å². The second kappa shape index (κ2) is 5.29. The lowest BCUT2D eigenvalue weighted by Gasteiger charge is -2.07. The summed E-state index contributed by atoms with van der Waals surface area (Å²) in [6.07, 6.45) is 2.10. The van der Waals surface area contributed by atoms with Crippen LogP contribution in [0.4, 0.5) is 0 Å². The Hall–Kier alpha value is -1.40. The molecule has 2 rings (SSSR count). The highest BCUT2D eigenvalue weighted by Gasteiger charge is 2.02. The van der Waals surface area contributed by atoms with Crippen molar-refractivity contribution in [1.82, 2.24) is 4.57 Å². The highest BCUT2D eigenvalue weighted by atomic mass is 32.2. The molecule has 17 heavy (non-hydrogen) atoms. The molecule has 0 amide bonds. The number of nitriles is 1. The monoisotopic (exact) mass is 244 g/mol. The Balaban J connectivity index is 2.16. The van der Waals surface area contributed by atoms with Crippen LogP contribution in [0, 0.1) is 11.3 Å². The molecule has 3 heteroatoms. The molecule has 0 atom stereocenters. The van der Waals surface area contributed by atoms with Gasteiger partial charge in [0.1, 0.15) is 0 Å². The molecule has 1 aromatic heterocycles. The van der Waals surface area contributed by atoms with Crippen molar-refractivity contribution in [3.05, 3.63) is 36.0 Å². The van der Waals surface area contributed by atoms with Crippen molar-refractivity contribution < 1.29 is 0 Å². The highest BCUT2D eigenvalue weighted by molar-refractivity contribution is 7.99. The maximum absolute atomic E-state index is 8.85. The highest BCUT2D eigenvalue weighted by Crippen LogP contribution is 2.18. The third-order valence-electron chi connectivity index (χ3n) is 2.68. The fourth-order valence-electron chi connectivity index (χ4n) is 1.85. The summed E-state index contributed by atoms with van der Waals surface area (Å²) in [5, 5.41) is 10.7. The largest absolute Gasteiger partial charge is 0.347 e. The fraction of sp³-hybridized carbons (Fsp3) is 0.357. The first-order chi connectivity index (χ1) is 8.20. The van der Waals surface area contributed by atoms with Crippen molar-refractivity contribution in [3.8, 4) is 6.07 Å². The summed E-state index contributed by atoms with van der Waals surface area (Å²) in [7, 11) is 0. The number of rotatable bonds is 4. The van der Waals surface area contributed by atoms with E-state index < -0.39 is 0 Å². The lowest BCUT2D eigenvalue weighted by atomic mass is 10.2. The van der Waals surface area contributed by atoms with E-state index in [4.69, 9.17) is 5.26 Å². The van der Waals surface area contributed by atoms with E-state index in [1.165, 1.54) is 5.52 Å². The predicted octanol–water partition coefficient (Wildman–Crippen LogP) is 3.65. The SMILES string of the molecule is CC(C)SCCn1ccc2cc(C#N)ccc21. The molecule has 0 aliphatic carbocycles. The minimum Gasteiger partial charge on any atom is -0.347 e. The summed E-state index contributed by atoms with van der Waals surface area (Å²) in [5.41, 5.74) is 1.94. The molecule has 0 radical (unpaired) electrons. The molecule has 0 unspecified atom stereocenters. The number of fused-ring (bicyclic) bond motifs is 1. The zero-order chi connectivity index (χ0) is 12.3. The van der Waals surface area contributed by atoms with E-state index in [1.807, 2.05) is 30.0 Å². The zero-order valence-corrected chi connectivity index (χ0v) is 11.0. The van der Waals surface area contributed by atoms with Gasteiger partial charge in [0.15, 0.2) is 0 Å². The van der Waals surface area contributed by atoms with Crippen molar-refractivity contribution in [2.45, 2.75) is 25.6 Å². The summed E-state index contributed by atoms with van der Waals surface area (Å²) in [5.74, 6) is 1.13. The Kier molecular flexibility index (Phi) is 3.75. The second-order valence-corrected chi connectivity index (χ2v) is 6.00. The van der Waals surface area contributed by atoms with E-state index in [1.54, 1.807) is 0 Å². The van der Waals surface area contributed by atoms with Crippen LogP contribution in [-0.4, -0.2) is 15.6 Å². The van der Waals surface area contributed by atoms with Gasteiger partial charge in [0.05, 0.1) is 11.6 Å². The van der Waals surface area contributed by atoms with Crippen molar-refractivity contribution in [2.75, 3.05) is 5.75 Å². The molecule has 0 bridgehead atoms. The van der Waals surface area contributed by atoms with Crippen molar-refractivity contribution in [1.29, 1.82) is 5.26 Å². The molecule has 1 heterocycles. The molecule has 2 nitrogen and oxygen atoms in total. The lowest BCUT2D eigenvalue weighted by Crippen LogP contribution is -2.00. The number of hydrogen-bond acceptors (Lipinski definition) is 2. The summed E-state index contributed by atoms with van der Waals surface area (Å²) >= 11 is 1.97.